The standard InChI is InChI=1S/C15H21N3S/c1-4-7-13(14-8-6-10-19-14)18-11-12(3)17-15(18)16-9-5-2/h5-6,8,10-11,13H,2,4,7,9H2,1,3H3,(H,16,17). The van der Waals surface area contributed by atoms with Crippen LogP contribution in [0.5, 0.6) is 0 Å². The van der Waals surface area contributed by atoms with Crippen molar-refractivity contribution in [2.24, 2.45) is 0 Å². The Morgan fingerprint density at radius 3 is 3.05 bits per heavy atom. The minimum atomic E-state index is 0.374. The summed E-state index contributed by atoms with van der Waals surface area (Å²) < 4.78 is 2.26. The highest BCUT2D eigenvalue weighted by atomic mass is 32.1. The van der Waals surface area contributed by atoms with Crippen molar-refractivity contribution in [3.05, 3.63) is 46.9 Å². The number of aromatic nitrogens is 2. The van der Waals surface area contributed by atoms with Crippen molar-refractivity contribution >= 4 is 17.3 Å². The molecular weight excluding hydrogens is 254 g/mol. The molecule has 0 amide bonds. The van der Waals surface area contributed by atoms with Crippen LogP contribution in [0.25, 0.3) is 0 Å². The quantitative estimate of drug-likeness (QED) is 0.766. The summed E-state index contributed by atoms with van der Waals surface area (Å²) in [5.74, 6) is 0.934. The summed E-state index contributed by atoms with van der Waals surface area (Å²) in [4.78, 5) is 5.96. The average Bonchev–Trinajstić information content (AvgIpc) is 3.03. The minimum Gasteiger partial charge on any atom is -0.352 e. The molecule has 2 heterocycles. The van der Waals surface area contributed by atoms with Gasteiger partial charge < -0.3 is 9.88 Å². The summed E-state index contributed by atoms with van der Waals surface area (Å²) in [5, 5.41) is 5.46. The Morgan fingerprint density at radius 2 is 2.42 bits per heavy atom. The van der Waals surface area contributed by atoms with E-state index in [0.29, 0.717) is 6.04 Å². The molecule has 0 fully saturated rings. The molecule has 2 aromatic heterocycles. The Bertz CT molecular complexity index is 513. The summed E-state index contributed by atoms with van der Waals surface area (Å²) in [7, 11) is 0. The van der Waals surface area contributed by atoms with Crippen LogP contribution in [0, 0.1) is 6.92 Å². The highest BCUT2D eigenvalue weighted by Crippen LogP contribution is 2.30. The molecule has 19 heavy (non-hydrogen) atoms. The topological polar surface area (TPSA) is 29.9 Å². The molecule has 0 saturated heterocycles. The Morgan fingerprint density at radius 1 is 1.58 bits per heavy atom. The molecule has 0 aliphatic heterocycles. The molecule has 4 heteroatoms. The van der Waals surface area contributed by atoms with Gasteiger partial charge in [-0.15, -0.1) is 17.9 Å². The van der Waals surface area contributed by atoms with Crippen LogP contribution >= 0.6 is 11.3 Å². The van der Waals surface area contributed by atoms with Gasteiger partial charge in [-0.1, -0.05) is 25.5 Å². The molecule has 2 rings (SSSR count). The second-order valence-corrected chi connectivity index (χ2v) is 5.58. The lowest BCUT2D eigenvalue weighted by Crippen LogP contribution is -2.13. The molecule has 0 spiro atoms. The van der Waals surface area contributed by atoms with Gasteiger partial charge in [-0.25, -0.2) is 4.98 Å². The lowest BCUT2D eigenvalue weighted by Gasteiger charge is -2.19. The molecule has 0 aromatic carbocycles. The zero-order valence-electron chi connectivity index (χ0n) is 11.6. The van der Waals surface area contributed by atoms with E-state index in [1.165, 1.54) is 4.88 Å². The Kier molecular flexibility index (Phi) is 4.80. The van der Waals surface area contributed by atoms with Crippen LogP contribution in [-0.2, 0) is 0 Å². The maximum atomic E-state index is 4.57. The van der Waals surface area contributed by atoms with Crippen molar-refractivity contribution in [2.75, 3.05) is 11.9 Å². The Hall–Kier alpha value is -1.55. The highest BCUT2D eigenvalue weighted by molar-refractivity contribution is 7.10. The van der Waals surface area contributed by atoms with Gasteiger partial charge >= 0.3 is 0 Å². The van der Waals surface area contributed by atoms with E-state index in [-0.39, 0.29) is 0 Å². The number of hydrogen-bond acceptors (Lipinski definition) is 3. The second kappa shape index (κ2) is 6.57. The summed E-state index contributed by atoms with van der Waals surface area (Å²) in [5.41, 5.74) is 1.05. The molecule has 102 valence electrons. The predicted molar refractivity (Wildman–Crippen MR) is 83.0 cm³/mol. The van der Waals surface area contributed by atoms with Crippen molar-refractivity contribution in [3.8, 4) is 0 Å². The van der Waals surface area contributed by atoms with Crippen LogP contribution in [0.2, 0.25) is 0 Å². The smallest absolute Gasteiger partial charge is 0.203 e. The molecule has 0 aliphatic carbocycles. The van der Waals surface area contributed by atoms with Crippen molar-refractivity contribution < 1.29 is 0 Å². The fourth-order valence-electron chi connectivity index (χ4n) is 2.22. The first-order chi connectivity index (χ1) is 9.26. The van der Waals surface area contributed by atoms with Crippen molar-refractivity contribution in [2.45, 2.75) is 32.7 Å². The number of thiophene rings is 1. The molecule has 0 saturated carbocycles. The first kappa shape index (κ1) is 13.9. The third-order valence-electron chi connectivity index (χ3n) is 3.03. The van der Waals surface area contributed by atoms with Crippen LogP contribution < -0.4 is 5.32 Å². The van der Waals surface area contributed by atoms with Crippen molar-refractivity contribution in [3.63, 3.8) is 0 Å². The third kappa shape index (κ3) is 3.26. The highest BCUT2D eigenvalue weighted by Gasteiger charge is 2.17. The monoisotopic (exact) mass is 275 g/mol. The number of anilines is 1. The number of aryl methyl sites for hydroxylation is 1. The van der Waals surface area contributed by atoms with Crippen LogP contribution in [0.15, 0.2) is 36.4 Å². The fraction of sp³-hybridized carbons (Fsp3) is 0.400. The summed E-state index contributed by atoms with van der Waals surface area (Å²) >= 11 is 1.81. The number of rotatable bonds is 7. The lowest BCUT2D eigenvalue weighted by molar-refractivity contribution is 0.545. The molecule has 0 aliphatic rings. The third-order valence-corrected chi connectivity index (χ3v) is 4.00. The van der Waals surface area contributed by atoms with Crippen LogP contribution in [0.4, 0.5) is 5.95 Å². The van der Waals surface area contributed by atoms with Gasteiger partial charge in [0.15, 0.2) is 0 Å². The van der Waals surface area contributed by atoms with Gasteiger partial charge in [-0.05, 0) is 24.8 Å². The van der Waals surface area contributed by atoms with E-state index in [1.54, 1.807) is 0 Å². The zero-order chi connectivity index (χ0) is 13.7. The predicted octanol–water partition coefficient (Wildman–Crippen LogP) is 4.24. The number of nitrogens with one attached hydrogen (secondary N) is 1. The number of hydrogen-bond donors (Lipinski definition) is 1. The summed E-state index contributed by atoms with van der Waals surface area (Å²) in [6.07, 6.45) is 6.26. The molecule has 2 aromatic rings. The van der Waals surface area contributed by atoms with Gasteiger partial charge in [-0.3, -0.25) is 0 Å². The van der Waals surface area contributed by atoms with Gasteiger partial charge in [0, 0.05) is 17.6 Å². The SMILES string of the molecule is C=CCNc1nc(C)cn1C(CCC)c1cccs1. The fourth-order valence-corrected chi connectivity index (χ4v) is 3.08. The number of imidazole rings is 1. The summed E-state index contributed by atoms with van der Waals surface area (Å²) in [6.45, 7) is 8.74. The zero-order valence-corrected chi connectivity index (χ0v) is 12.4. The molecule has 1 N–H and O–H groups in total. The Balaban J connectivity index is 2.33. The normalized spacial score (nSPS) is 12.3. The first-order valence-electron chi connectivity index (χ1n) is 6.70. The van der Waals surface area contributed by atoms with E-state index in [4.69, 9.17) is 0 Å². The van der Waals surface area contributed by atoms with E-state index in [2.05, 4.69) is 52.1 Å². The van der Waals surface area contributed by atoms with Gasteiger partial charge in [0.1, 0.15) is 0 Å². The van der Waals surface area contributed by atoms with E-state index >= 15 is 0 Å². The average molecular weight is 275 g/mol. The molecular formula is C15H21N3S. The summed E-state index contributed by atoms with van der Waals surface area (Å²) in [6, 6.07) is 4.69. The molecule has 0 bridgehead atoms. The van der Waals surface area contributed by atoms with Gasteiger partial charge in [0.25, 0.3) is 0 Å². The Labute approximate surface area is 119 Å². The van der Waals surface area contributed by atoms with E-state index in [9.17, 15) is 0 Å². The largest absolute Gasteiger partial charge is 0.352 e. The molecule has 1 atom stereocenters. The maximum absolute atomic E-state index is 4.57. The van der Waals surface area contributed by atoms with Gasteiger partial charge in [-0.2, -0.15) is 0 Å². The van der Waals surface area contributed by atoms with E-state index < -0.39 is 0 Å². The molecule has 1 unspecified atom stereocenters. The lowest BCUT2D eigenvalue weighted by atomic mass is 10.1. The van der Waals surface area contributed by atoms with Crippen molar-refractivity contribution in [1.29, 1.82) is 0 Å². The molecule has 0 radical (unpaired) electrons. The van der Waals surface area contributed by atoms with Gasteiger partial charge in [0.05, 0.1) is 11.7 Å². The van der Waals surface area contributed by atoms with Crippen LogP contribution in [0.1, 0.15) is 36.4 Å². The van der Waals surface area contributed by atoms with E-state index in [0.717, 1.165) is 31.0 Å². The van der Waals surface area contributed by atoms with E-state index in [1.807, 2.05) is 24.3 Å². The van der Waals surface area contributed by atoms with Gasteiger partial charge in [0.2, 0.25) is 5.95 Å². The minimum absolute atomic E-state index is 0.374. The first-order valence-corrected chi connectivity index (χ1v) is 7.57. The second-order valence-electron chi connectivity index (χ2n) is 4.60. The van der Waals surface area contributed by atoms with Crippen LogP contribution in [-0.4, -0.2) is 16.1 Å². The maximum Gasteiger partial charge on any atom is 0.203 e. The van der Waals surface area contributed by atoms with Crippen LogP contribution in [0.3, 0.4) is 0 Å². The molecule has 3 nitrogen and oxygen atoms in total. The van der Waals surface area contributed by atoms with Crippen molar-refractivity contribution in [1.82, 2.24) is 9.55 Å². The number of nitrogens with zero attached hydrogens (tertiary/aromatic N) is 2.